The van der Waals surface area contributed by atoms with E-state index >= 15 is 0 Å². The Kier molecular flexibility index (Phi) is 7.67. The van der Waals surface area contributed by atoms with Crippen molar-refractivity contribution < 1.29 is 23.7 Å². The van der Waals surface area contributed by atoms with Crippen molar-refractivity contribution in [2.24, 2.45) is 5.10 Å². The molecule has 13 nitrogen and oxygen atoms in total. The monoisotopic (exact) mass is 625 g/mol. The quantitative estimate of drug-likeness (QED) is 0.0959. The van der Waals surface area contributed by atoms with Gasteiger partial charge in [0.25, 0.3) is 11.2 Å². The molecule has 0 N–H and O–H groups in total. The maximum absolute atomic E-state index is 13.7. The van der Waals surface area contributed by atoms with Gasteiger partial charge in [-0.25, -0.2) is 4.98 Å². The van der Waals surface area contributed by atoms with Gasteiger partial charge in [0, 0.05) is 28.8 Å². The number of non-ortho nitro benzene ring substituents is 1. The number of para-hydroxylation sites is 1. The van der Waals surface area contributed by atoms with E-state index in [1.807, 2.05) is 0 Å². The minimum absolute atomic E-state index is 0.0134. The molecule has 4 aromatic carbocycles. The van der Waals surface area contributed by atoms with Crippen molar-refractivity contribution in [3.63, 3.8) is 0 Å². The van der Waals surface area contributed by atoms with Gasteiger partial charge in [-0.2, -0.15) is 9.78 Å². The summed E-state index contributed by atoms with van der Waals surface area (Å²) in [5.74, 6) is 0.617. The molecular formula is C31H20ClN5O8. The number of methoxy groups -OCH3 is 1. The zero-order valence-corrected chi connectivity index (χ0v) is 24.0. The number of hydrogen-bond donors (Lipinski definition) is 0. The second-order valence-electron chi connectivity index (χ2n) is 9.61. The Labute approximate surface area is 257 Å². The predicted octanol–water partition coefficient (Wildman–Crippen LogP) is 6.75. The van der Waals surface area contributed by atoms with Crippen LogP contribution < -0.4 is 15.0 Å². The fourth-order valence-corrected chi connectivity index (χ4v) is 4.96. The SMILES string of the molecule is COc1cccc2oc(-c3nc4ccccc4c(=O)n3N=Cc3cc(Cl)cc([N+](=O)[O-])c3OCc3cccc([N+](=O)[O-])c3)cc12. The molecule has 2 heterocycles. The number of hydrogen-bond acceptors (Lipinski definition) is 10. The standard InChI is InChI=1S/C31H20ClN5O8/c1-43-26-10-5-11-27-23(26)15-28(45-27)30-34-24-9-3-2-8-22(24)31(38)35(30)33-16-19-13-20(32)14-25(37(41)42)29(19)44-17-18-6-4-7-21(12-18)36(39)40/h2-16H,17H2,1H3. The van der Waals surface area contributed by atoms with E-state index in [1.54, 1.807) is 54.6 Å². The van der Waals surface area contributed by atoms with Crippen molar-refractivity contribution in [1.82, 2.24) is 9.66 Å². The van der Waals surface area contributed by atoms with Crippen LogP contribution in [0, 0.1) is 20.2 Å². The smallest absolute Gasteiger partial charge is 0.313 e. The molecule has 0 aliphatic rings. The molecule has 6 aromatic rings. The number of nitro benzene ring substituents is 2. The number of furan rings is 1. The van der Waals surface area contributed by atoms with Crippen LogP contribution in [-0.4, -0.2) is 32.8 Å². The van der Waals surface area contributed by atoms with Crippen molar-refractivity contribution in [2.75, 3.05) is 7.11 Å². The molecular weight excluding hydrogens is 606 g/mol. The lowest BCUT2D eigenvalue weighted by atomic mass is 10.1. The molecule has 14 heteroatoms. The van der Waals surface area contributed by atoms with E-state index in [0.717, 1.165) is 10.7 Å². The number of nitro groups is 2. The van der Waals surface area contributed by atoms with Crippen molar-refractivity contribution in [3.05, 3.63) is 132 Å². The van der Waals surface area contributed by atoms with Gasteiger partial charge in [0.1, 0.15) is 17.9 Å². The third-order valence-corrected chi connectivity index (χ3v) is 7.01. The van der Waals surface area contributed by atoms with Crippen LogP contribution in [0.5, 0.6) is 11.5 Å². The first-order chi connectivity index (χ1) is 21.7. The number of aromatic nitrogens is 2. The molecule has 0 unspecified atom stereocenters. The second-order valence-corrected chi connectivity index (χ2v) is 10.0. The van der Waals surface area contributed by atoms with Crippen LogP contribution in [0.4, 0.5) is 11.4 Å². The summed E-state index contributed by atoms with van der Waals surface area (Å²) in [5, 5.41) is 28.5. The summed E-state index contributed by atoms with van der Waals surface area (Å²) < 4.78 is 18.3. The van der Waals surface area contributed by atoms with Gasteiger partial charge in [0.15, 0.2) is 5.76 Å². The number of rotatable bonds is 9. The Morgan fingerprint density at radius 3 is 2.56 bits per heavy atom. The number of benzene rings is 4. The van der Waals surface area contributed by atoms with E-state index in [4.69, 9.17) is 25.5 Å². The normalized spacial score (nSPS) is 11.3. The highest BCUT2D eigenvalue weighted by molar-refractivity contribution is 6.31. The third-order valence-electron chi connectivity index (χ3n) is 6.79. The first-order valence-electron chi connectivity index (χ1n) is 13.2. The minimum atomic E-state index is -0.678. The molecule has 0 spiro atoms. The van der Waals surface area contributed by atoms with Crippen molar-refractivity contribution >= 4 is 51.1 Å². The Hall–Kier alpha value is -6.08. The van der Waals surface area contributed by atoms with Crippen molar-refractivity contribution in [1.29, 1.82) is 0 Å². The van der Waals surface area contributed by atoms with Crippen LogP contribution in [0.3, 0.4) is 0 Å². The number of fused-ring (bicyclic) bond motifs is 2. The maximum Gasteiger partial charge on any atom is 0.313 e. The lowest BCUT2D eigenvalue weighted by molar-refractivity contribution is -0.386. The molecule has 0 fully saturated rings. The number of halogens is 1. The molecule has 0 aliphatic carbocycles. The molecule has 0 saturated heterocycles. The van der Waals surface area contributed by atoms with Gasteiger partial charge in [-0.15, -0.1) is 0 Å². The fourth-order valence-electron chi connectivity index (χ4n) is 4.74. The summed E-state index contributed by atoms with van der Waals surface area (Å²) in [4.78, 5) is 40.3. The van der Waals surface area contributed by atoms with Crippen molar-refractivity contribution in [3.8, 4) is 23.1 Å². The van der Waals surface area contributed by atoms with Crippen LogP contribution in [0.25, 0.3) is 33.5 Å². The highest BCUT2D eigenvalue weighted by Gasteiger charge is 2.22. The number of ether oxygens (including phenoxy) is 2. The van der Waals surface area contributed by atoms with Gasteiger partial charge in [0.2, 0.25) is 11.6 Å². The third kappa shape index (κ3) is 5.67. The molecule has 6 rings (SSSR count). The molecule has 224 valence electrons. The van der Waals surface area contributed by atoms with Crippen LogP contribution in [0.2, 0.25) is 5.02 Å². The van der Waals surface area contributed by atoms with E-state index in [1.165, 1.54) is 37.6 Å². The van der Waals surface area contributed by atoms with Crippen molar-refractivity contribution in [2.45, 2.75) is 6.61 Å². The zero-order valence-electron chi connectivity index (χ0n) is 23.2. The van der Waals surface area contributed by atoms with Crippen LogP contribution in [0.15, 0.2) is 99.2 Å². The van der Waals surface area contributed by atoms with E-state index in [-0.39, 0.29) is 45.6 Å². The van der Waals surface area contributed by atoms with Crippen LogP contribution in [-0.2, 0) is 6.61 Å². The largest absolute Gasteiger partial charge is 0.496 e. The van der Waals surface area contributed by atoms with Gasteiger partial charge in [-0.1, -0.05) is 41.9 Å². The first kappa shape index (κ1) is 29.0. The van der Waals surface area contributed by atoms with E-state index < -0.39 is 21.1 Å². The molecule has 0 atom stereocenters. The zero-order chi connectivity index (χ0) is 31.7. The average Bonchev–Trinajstić information content (AvgIpc) is 3.48. The van der Waals surface area contributed by atoms with Gasteiger partial charge in [-0.3, -0.25) is 25.0 Å². The summed E-state index contributed by atoms with van der Waals surface area (Å²) in [7, 11) is 1.53. The molecule has 0 amide bonds. The number of nitrogens with zero attached hydrogens (tertiary/aromatic N) is 5. The summed E-state index contributed by atoms with van der Waals surface area (Å²) >= 11 is 6.23. The van der Waals surface area contributed by atoms with E-state index in [0.29, 0.717) is 27.8 Å². The average molecular weight is 626 g/mol. The van der Waals surface area contributed by atoms with Gasteiger partial charge >= 0.3 is 5.69 Å². The summed E-state index contributed by atoms with van der Waals surface area (Å²) in [6.45, 7) is -0.242. The van der Waals surface area contributed by atoms with Crippen LogP contribution in [0.1, 0.15) is 11.1 Å². The Morgan fingerprint density at radius 2 is 1.78 bits per heavy atom. The molecule has 0 bridgehead atoms. The highest BCUT2D eigenvalue weighted by atomic mass is 35.5. The molecule has 45 heavy (non-hydrogen) atoms. The molecule has 0 radical (unpaired) electrons. The van der Waals surface area contributed by atoms with Gasteiger partial charge in [0.05, 0.1) is 39.5 Å². The molecule has 0 saturated carbocycles. The van der Waals surface area contributed by atoms with E-state index in [2.05, 4.69) is 10.1 Å². The predicted molar refractivity (Wildman–Crippen MR) is 166 cm³/mol. The second kappa shape index (κ2) is 11.9. The Balaban J connectivity index is 1.49. The Morgan fingerprint density at radius 1 is 0.978 bits per heavy atom. The minimum Gasteiger partial charge on any atom is -0.496 e. The maximum atomic E-state index is 13.7. The molecule has 0 aliphatic heterocycles. The summed E-state index contributed by atoms with van der Waals surface area (Å²) in [5.41, 5.74) is 0.186. The Bertz CT molecular complexity index is 2230. The lowest BCUT2D eigenvalue weighted by Gasteiger charge is -2.11. The van der Waals surface area contributed by atoms with Gasteiger partial charge < -0.3 is 13.9 Å². The fraction of sp³-hybridized carbons (Fsp3) is 0.0645. The highest BCUT2D eigenvalue weighted by Crippen LogP contribution is 2.35. The lowest BCUT2D eigenvalue weighted by Crippen LogP contribution is -2.20. The molecule has 2 aromatic heterocycles. The van der Waals surface area contributed by atoms with Gasteiger partial charge in [-0.05, 0) is 42.0 Å². The topological polar surface area (TPSA) is 165 Å². The van der Waals surface area contributed by atoms with E-state index in [9.17, 15) is 25.0 Å². The first-order valence-corrected chi connectivity index (χ1v) is 13.6. The summed E-state index contributed by atoms with van der Waals surface area (Å²) in [6, 6.07) is 21.8. The van der Waals surface area contributed by atoms with Crippen LogP contribution >= 0.6 is 11.6 Å². The summed E-state index contributed by atoms with van der Waals surface area (Å²) in [6.07, 6.45) is 1.19.